The predicted octanol–water partition coefficient (Wildman–Crippen LogP) is 5.87. The van der Waals surface area contributed by atoms with Gasteiger partial charge in [-0.1, -0.05) is 19.9 Å². The zero-order valence-corrected chi connectivity index (χ0v) is 18.7. The molecule has 0 saturated heterocycles. The summed E-state index contributed by atoms with van der Waals surface area (Å²) in [7, 11) is 0. The van der Waals surface area contributed by atoms with Crippen molar-refractivity contribution in [1.29, 1.82) is 5.26 Å². The highest BCUT2D eigenvalue weighted by Crippen LogP contribution is 2.39. The van der Waals surface area contributed by atoms with E-state index in [2.05, 4.69) is 53.3 Å². The van der Waals surface area contributed by atoms with Crippen molar-refractivity contribution in [2.24, 2.45) is 5.92 Å². The summed E-state index contributed by atoms with van der Waals surface area (Å²) in [6.45, 7) is 4.82. The summed E-state index contributed by atoms with van der Waals surface area (Å²) in [6.07, 6.45) is 5.02. The summed E-state index contributed by atoms with van der Waals surface area (Å²) >= 11 is 5.10. The number of hydrogen-bond acceptors (Lipinski definition) is 4. The van der Waals surface area contributed by atoms with Gasteiger partial charge in [-0.05, 0) is 77.2 Å². The maximum Gasteiger partial charge on any atom is 0.225 e. The molecule has 3 rings (SSSR count). The van der Waals surface area contributed by atoms with Crippen LogP contribution in [0.5, 0.6) is 5.75 Å². The number of rotatable bonds is 7. The summed E-state index contributed by atoms with van der Waals surface area (Å²) in [4.78, 5) is 13.6. The maximum absolute atomic E-state index is 12.3. The van der Waals surface area contributed by atoms with Gasteiger partial charge in [-0.3, -0.25) is 4.79 Å². The average molecular weight is 461 g/mol. The highest BCUT2D eigenvalue weighted by atomic mass is 79.9. The molecule has 1 aliphatic rings. The number of amides is 1. The molecule has 4 nitrogen and oxygen atoms in total. The molecule has 1 N–H and O–H groups in total. The number of aryl methyl sites for hydroxylation is 1. The van der Waals surface area contributed by atoms with Crippen LogP contribution in [0.2, 0.25) is 0 Å². The average Bonchev–Trinajstić information content (AvgIpc) is 3.01. The first-order chi connectivity index (χ1) is 13.5. The summed E-state index contributed by atoms with van der Waals surface area (Å²) in [5.74, 6) is 1.38. The summed E-state index contributed by atoms with van der Waals surface area (Å²) in [5.41, 5.74) is 3.06. The SMILES string of the molecule is CCc1ccc(OCCCC(=O)Nc2sc3c(c2C#N)CCC(C)C3)c(Br)c1. The molecule has 1 aromatic carbocycles. The van der Waals surface area contributed by atoms with Gasteiger partial charge >= 0.3 is 0 Å². The Balaban J connectivity index is 1.51. The third-order valence-corrected chi connectivity index (χ3v) is 6.88. The van der Waals surface area contributed by atoms with Gasteiger partial charge in [0.25, 0.3) is 0 Å². The number of thiophene rings is 1. The van der Waals surface area contributed by atoms with Crippen molar-refractivity contribution in [3.8, 4) is 11.8 Å². The van der Waals surface area contributed by atoms with E-state index in [9.17, 15) is 10.1 Å². The first-order valence-electron chi connectivity index (χ1n) is 9.77. The van der Waals surface area contributed by atoms with Crippen molar-refractivity contribution in [2.45, 2.75) is 52.4 Å². The van der Waals surface area contributed by atoms with Gasteiger partial charge in [-0.15, -0.1) is 11.3 Å². The van der Waals surface area contributed by atoms with E-state index in [1.54, 1.807) is 11.3 Å². The zero-order valence-electron chi connectivity index (χ0n) is 16.3. The van der Waals surface area contributed by atoms with Gasteiger partial charge in [-0.25, -0.2) is 0 Å². The van der Waals surface area contributed by atoms with E-state index >= 15 is 0 Å². The standard InChI is InChI=1S/C22H25BrN2O2S/c1-3-15-7-9-19(18(23)12-15)27-10-4-5-21(26)25-22-17(13-24)16-8-6-14(2)11-20(16)28-22/h7,9,12,14H,3-6,8,10-11H2,1-2H3,(H,25,26). The Hall–Kier alpha value is -1.84. The van der Waals surface area contributed by atoms with Crippen molar-refractivity contribution in [1.82, 2.24) is 0 Å². The largest absolute Gasteiger partial charge is 0.492 e. The van der Waals surface area contributed by atoms with E-state index in [1.165, 1.54) is 10.4 Å². The second-order valence-electron chi connectivity index (χ2n) is 7.29. The van der Waals surface area contributed by atoms with Crippen LogP contribution in [0.3, 0.4) is 0 Å². The van der Waals surface area contributed by atoms with E-state index in [0.29, 0.717) is 35.9 Å². The molecule has 0 spiro atoms. The van der Waals surface area contributed by atoms with Crippen LogP contribution >= 0.6 is 27.3 Å². The lowest BCUT2D eigenvalue weighted by Crippen LogP contribution is -2.13. The van der Waals surface area contributed by atoms with Crippen LogP contribution in [0, 0.1) is 17.2 Å². The van der Waals surface area contributed by atoms with Gasteiger partial charge in [0, 0.05) is 11.3 Å². The Morgan fingerprint density at radius 2 is 2.29 bits per heavy atom. The number of hydrogen-bond donors (Lipinski definition) is 1. The third-order valence-electron chi connectivity index (χ3n) is 5.09. The molecule has 1 aliphatic carbocycles. The molecule has 0 saturated carbocycles. The number of ether oxygens (including phenoxy) is 1. The molecule has 2 aromatic rings. The van der Waals surface area contributed by atoms with Crippen LogP contribution in [-0.4, -0.2) is 12.5 Å². The molecule has 1 heterocycles. The third kappa shape index (κ3) is 4.95. The van der Waals surface area contributed by atoms with Crippen LogP contribution in [0.15, 0.2) is 22.7 Å². The van der Waals surface area contributed by atoms with E-state index < -0.39 is 0 Å². The minimum Gasteiger partial charge on any atom is -0.492 e. The number of fused-ring (bicyclic) bond motifs is 1. The molecule has 6 heteroatoms. The van der Waals surface area contributed by atoms with Gasteiger partial charge in [0.2, 0.25) is 5.91 Å². The number of carbonyl (C=O) groups excluding carboxylic acids is 1. The number of carbonyl (C=O) groups is 1. The molecule has 1 amide bonds. The lowest BCUT2D eigenvalue weighted by molar-refractivity contribution is -0.116. The quantitative estimate of drug-likeness (QED) is 0.525. The minimum absolute atomic E-state index is 0.0628. The van der Waals surface area contributed by atoms with Crippen molar-refractivity contribution < 1.29 is 9.53 Å². The van der Waals surface area contributed by atoms with E-state index in [-0.39, 0.29) is 5.91 Å². The van der Waals surface area contributed by atoms with Crippen LogP contribution < -0.4 is 10.1 Å². The van der Waals surface area contributed by atoms with E-state index in [1.807, 2.05) is 6.07 Å². The smallest absolute Gasteiger partial charge is 0.225 e. The van der Waals surface area contributed by atoms with Crippen molar-refractivity contribution in [3.63, 3.8) is 0 Å². The fourth-order valence-electron chi connectivity index (χ4n) is 3.44. The number of benzene rings is 1. The Kier molecular flexibility index (Phi) is 7.14. The Labute approximate surface area is 179 Å². The monoisotopic (exact) mass is 460 g/mol. The zero-order chi connectivity index (χ0) is 20.1. The fraction of sp³-hybridized carbons (Fsp3) is 0.455. The molecule has 0 aliphatic heterocycles. The first-order valence-corrected chi connectivity index (χ1v) is 11.4. The van der Waals surface area contributed by atoms with E-state index in [0.717, 1.165) is 41.5 Å². The summed E-state index contributed by atoms with van der Waals surface area (Å²) in [6, 6.07) is 8.36. The molecule has 1 unspecified atom stereocenters. The van der Waals surface area contributed by atoms with E-state index in [4.69, 9.17) is 4.74 Å². The number of nitriles is 1. The summed E-state index contributed by atoms with van der Waals surface area (Å²) < 4.78 is 6.72. The maximum atomic E-state index is 12.3. The molecular weight excluding hydrogens is 436 g/mol. The number of nitrogens with one attached hydrogen (secondary N) is 1. The highest BCUT2D eigenvalue weighted by molar-refractivity contribution is 9.10. The molecule has 28 heavy (non-hydrogen) atoms. The Morgan fingerprint density at radius 1 is 1.46 bits per heavy atom. The molecule has 0 fully saturated rings. The van der Waals surface area contributed by atoms with Gasteiger partial charge in [0.05, 0.1) is 16.6 Å². The van der Waals surface area contributed by atoms with Gasteiger partial charge in [0.1, 0.15) is 16.8 Å². The van der Waals surface area contributed by atoms with Crippen molar-refractivity contribution in [2.75, 3.05) is 11.9 Å². The lowest BCUT2D eigenvalue weighted by Gasteiger charge is -2.17. The second kappa shape index (κ2) is 9.58. The molecule has 0 bridgehead atoms. The van der Waals surface area contributed by atoms with Gasteiger partial charge in [0.15, 0.2) is 0 Å². The van der Waals surface area contributed by atoms with Crippen LogP contribution in [0.4, 0.5) is 5.00 Å². The summed E-state index contributed by atoms with van der Waals surface area (Å²) in [5, 5.41) is 13.2. The fourth-order valence-corrected chi connectivity index (χ4v) is 5.36. The van der Waals surface area contributed by atoms with Gasteiger partial charge < -0.3 is 10.1 Å². The predicted molar refractivity (Wildman–Crippen MR) is 117 cm³/mol. The van der Waals surface area contributed by atoms with Crippen LogP contribution in [0.25, 0.3) is 0 Å². The van der Waals surface area contributed by atoms with Crippen LogP contribution in [0.1, 0.15) is 54.7 Å². The normalized spacial score (nSPS) is 15.6. The van der Waals surface area contributed by atoms with Gasteiger partial charge in [-0.2, -0.15) is 5.26 Å². The molecular formula is C22H25BrN2O2S. The lowest BCUT2D eigenvalue weighted by atomic mass is 9.89. The van der Waals surface area contributed by atoms with Crippen molar-refractivity contribution >= 4 is 38.2 Å². The second-order valence-corrected chi connectivity index (χ2v) is 9.25. The topological polar surface area (TPSA) is 62.1 Å². The number of anilines is 1. The Morgan fingerprint density at radius 3 is 3.00 bits per heavy atom. The highest BCUT2D eigenvalue weighted by Gasteiger charge is 2.24. The van der Waals surface area contributed by atoms with Crippen molar-refractivity contribution in [3.05, 3.63) is 44.2 Å². The Bertz CT molecular complexity index is 901. The minimum atomic E-state index is -0.0628. The van der Waals surface area contributed by atoms with Crippen LogP contribution in [-0.2, 0) is 24.1 Å². The number of nitrogens with zero attached hydrogens (tertiary/aromatic N) is 1. The number of halogens is 1. The first kappa shape index (κ1) is 20.9. The molecule has 1 atom stereocenters. The molecule has 148 valence electrons. The molecule has 0 radical (unpaired) electrons. The molecule has 1 aromatic heterocycles.